The smallest absolute Gasteiger partial charge is 0.320 e. The Morgan fingerprint density at radius 1 is 0.432 bits per heavy atom. The number of aromatic nitrogens is 6. The molecule has 0 amide bonds. The van der Waals surface area contributed by atoms with E-state index in [4.69, 9.17) is 18.9 Å². The van der Waals surface area contributed by atoms with Gasteiger partial charge < -0.3 is 18.9 Å². The van der Waals surface area contributed by atoms with E-state index in [1.165, 1.54) is 0 Å². The largest absolute Gasteiger partial charge is 0.471 e. The predicted molar refractivity (Wildman–Crippen MR) is 172 cm³/mol. The molecule has 0 spiro atoms. The van der Waals surface area contributed by atoms with Crippen LogP contribution in [0, 0.1) is 0 Å². The Balaban J connectivity index is 0.000000240. The second kappa shape index (κ2) is 13.5. The molecule has 0 N–H and O–H groups in total. The van der Waals surface area contributed by atoms with Gasteiger partial charge in [-0.2, -0.15) is 9.97 Å². The summed E-state index contributed by atoms with van der Waals surface area (Å²) in [7, 11) is 0. The summed E-state index contributed by atoms with van der Waals surface area (Å²) in [5, 5.41) is 0. The van der Waals surface area contributed by atoms with E-state index in [0.29, 0.717) is 23.8 Å². The van der Waals surface area contributed by atoms with Gasteiger partial charge in [0.05, 0.1) is 22.5 Å². The van der Waals surface area contributed by atoms with Crippen molar-refractivity contribution in [2.45, 2.75) is 105 Å². The molecule has 0 aliphatic carbocycles. The molecule has 0 bridgehead atoms. The van der Waals surface area contributed by atoms with E-state index in [1.807, 2.05) is 119 Å². The summed E-state index contributed by atoms with van der Waals surface area (Å²) in [6.07, 6.45) is 6.85. The lowest BCUT2D eigenvalue weighted by Crippen LogP contribution is -2.26. The van der Waals surface area contributed by atoms with Gasteiger partial charge in [0.25, 0.3) is 0 Å². The Bertz CT molecular complexity index is 1370. The molecule has 4 aromatic heterocycles. The van der Waals surface area contributed by atoms with Gasteiger partial charge in [-0.3, -0.25) is 9.97 Å². The first-order chi connectivity index (χ1) is 20.3. The normalized spacial score (nSPS) is 12.1. The van der Waals surface area contributed by atoms with E-state index in [-0.39, 0.29) is 22.4 Å². The molecule has 0 aliphatic rings. The molecule has 0 saturated heterocycles. The topological polar surface area (TPSA) is 114 Å². The SMILES string of the molecule is CC(C)(C)Oc1ncc(-c2ccccn2)c(OC(C)(C)C)n1.CC(C)(C)Oc1ncc(-c2ccccn2)c(OC(C)(C)C)n1. The minimum absolute atomic E-state index is 0.298. The molecule has 10 heteroatoms. The lowest BCUT2D eigenvalue weighted by atomic mass is 10.1. The van der Waals surface area contributed by atoms with Crippen LogP contribution in [0.4, 0.5) is 0 Å². The summed E-state index contributed by atoms with van der Waals surface area (Å²) in [5.41, 5.74) is 1.53. The first-order valence-electron chi connectivity index (χ1n) is 14.6. The molecule has 4 heterocycles. The molecule has 0 unspecified atom stereocenters. The number of nitrogens with zero attached hydrogens (tertiary/aromatic N) is 6. The minimum atomic E-state index is -0.378. The summed E-state index contributed by atoms with van der Waals surface area (Å²) < 4.78 is 23.4. The van der Waals surface area contributed by atoms with E-state index in [9.17, 15) is 0 Å². The highest BCUT2D eigenvalue weighted by Gasteiger charge is 2.23. The average molecular weight is 603 g/mol. The second-order valence-electron chi connectivity index (χ2n) is 14.0. The van der Waals surface area contributed by atoms with Crippen molar-refractivity contribution < 1.29 is 18.9 Å². The van der Waals surface area contributed by atoms with E-state index in [2.05, 4.69) is 29.9 Å². The molecular weight excluding hydrogens is 556 g/mol. The van der Waals surface area contributed by atoms with E-state index in [0.717, 1.165) is 22.5 Å². The second-order valence-corrected chi connectivity index (χ2v) is 14.0. The fraction of sp³-hybridized carbons (Fsp3) is 0.471. The van der Waals surface area contributed by atoms with Crippen LogP contribution < -0.4 is 18.9 Å². The molecule has 0 atom stereocenters. The van der Waals surface area contributed by atoms with Crippen molar-refractivity contribution in [2.24, 2.45) is 0 Å². The number of hydrogen-bond donors (Lipinski definition) is 0. The Labute approximate surface area is 261 Å². The summed E-state index contributed by atoms with van der Waals surface area (Å²) in [5.74, 6) is 0.945. The third-order valence-corrected chi connectivity index (χ3v) is 4.95. The van der Waals surface area contributed by atoms with Gasteiger partial charge in [-0.05, 0) is 107 Å². The van der Waals surface area contributed by atoms with Crippen molar-refractivity contribution in [3.63, 3.8) is 0 Å². The van der Waals surface area contributed by atoms with Crippen molar-refractivity contribution in [1.82, 2.24) is 29.9 Å². The number of pyridine rings is 2. The van der Waals surface area contributed by atoms with Crippen LogP contribution in [0.5, 0.6) is 23.8 Å². The van der Waals surface area contributed by atoms with Gasteiger partial charge in [-0.25, -0.2) is 9.97 Å². The Kier molecular flexibility index (Phi) is 10.5. The zero-order valence-corrected chi connectivity index (χ0v) is 28.1. The molecule has 0 aromatic carbocycles. The summed E-state index contributed by atoms with van der Waals surface area (Å²) >= 11 is 0. The average Bonchev–Trinajstić information content (AvgIpc) is 2.87. The molecule has 10 nitrogen and oxygen atoms in total. The third-order valence-electron chi connectivity index (χ3n) is 4.95. The quantitative estimate of drug-likeness (QED) is 0.217. The van der Waals surface area contributed by atoms with Crippen LogP contribution in [0.2, 0.25) is 0 Å². The van der Waals surface area contributed by atoms with E-state index < -0.39 is 0 Å². The predicted octanol–water partition coefficient (Wildman–Crippen LogP) is 7.79. The lowest BCUT2D eigenvalue weighted by Gasteiger charge is -2.24. The van der Waals surface area contributed by atoms with Gasteiger partial charge in [0.15, 0.2) is 0 Å². The van der Waals surface area contributed by atoms with Crippen LogP contribution in [0.25, 0.3) is 22.5 Å². The van der Waals surface area contributed by atoms with Crippen molar-refractivity contribution in [3.05, 3.63) is 61.2 Å². The van der Waals surface area contributed by atoms with Crippen LogP contribution in [-0.4, -0.2) is 52.3 Å². The maximum Gasteiger partial charge on any atom is 0.320 e. The third kappa shape index (κ3) is 11.7. The monoisotopic (exact) mass is 602 g/mol. The Morgan fingerprint density at radius 3 is 1.05 bits per heavy atom. The number of hydrogen-bond acceptors (Lipinski definition) is 10. The zero-order chi connectivity index (χ0) is 32.8. The van der Waals surface area contributed by atoms with Crippen molar-refractivity contribution in [1.29, 1.82) is 0 Å². The van der Waals surface area contributed by atoms with Crippen LogP contribution in [-0.2, 0) is 0 Å². The molecule has 4 aromatic rings. The first-order valence-corrected chi connectivity index (χ1v) is 14.6. The zero-order valence-electron chi connectivity index (χ0n) is 28.1. The summed E-state index contributed by atoms with van der Waals surface area (Å²) in [4.78, 5) is 26.1. The standard InChI is InChI=1S/2C17H23N3O2/c2*1-16(2,3)21-14-12(13-9-7-8-10-18-13)11-19-15(20-14)22-17(4,5)6/h2*7-11H,1-6H3. The number of ether oxygens (including phenoxy) is 4. The van der Waals surface area contributed by atoms with Gasteiger partial charge in [0, 0.05) is 24.8 Å². The van der Waals surface area contributed by atoms with Crippen molar-refractivity contribution in [3.8, 4) is 46.3 Å². The lowest BCUT2D eigenvalue weighted by molar-refractivity contribution is 0.102. The highest BCUT2D eigenvalue weighted by atomic mass is 16.5. The Hall–Kier alpha value is -4.34. The van der Waals surface area contributed by atoms with Crippen LogP contribution in [0.1, 0.15) is 83.1 Å². The minimum Gasteiger partial charge on any atom is -0.471 e. The molecule has 0 radical (unpaired) electrons. The molecule has 236 valence electrons. The maximum absolute atomic E-state index is 5.97. The highest BCUT2D eigenvalue weighted by molar-refractivity contribution is 5.64. The molecule has 0 saturated carbocycles. The van der Waals surface area contributed by atoms with Gasteiger partial charge >= 0.3 is 12.0 Å². The van der Waals surface area contributed by atoms with Crippen LogP contribution in [0.3, 0.4) is 0 Å². The van der Waals surface area contributed by atoms with Gasteiger partial charge in [0.2, 0.25) is 11.8 Å². The molecule has 0 fully saturated rings. The van der Waals surface area contributed by atoms with Gasteiger partial charge in [0.1, 0.15) is 22.4 Å². The molecule has 0 aliphatic heterocycles. The first kappa shape index (κ1) is 34.2. The maximum atomic E-state index is 5.97. The number of rotatable bonds is 6. The highest BCUT2D eigenvalue weighted by Crippen LogP contribution is 2.32. The van der Waals surface area contributed by atoms with E-state index in [1.54, 1.807) is 24.8 Å². The molecular formula is C34H46N6O4. The molecule has 4 rings (SSSR count). The van der Waals surface area contributed by atoms with Crippen LogP contribution >= 0.6 is 0 Å². The molecule has 44 heavy (non-hydrogen) atoms. The van der Waals surface area contributed by atoms with Crippen molar-refractivity contribution in [2.75, 3.05) is 0 Å². The fourth-order valence-electron chi connectivity index (χ4n) is 3.48. The van der Waals surface area contributed by atoms with Gasteiger partial charge in [-0.1, -0.05) is 12.1 Å². The van der Waals surface area contributed by atoms with Crippen LogP contribution in [0.15, 0.2) is 61.2 Å². The Morgan fingerprint density at radius 2 is 0.773 bits per heavy atom. The summed E-state index contributed by atoms with van der Waals surface area (Å²) in [6, 6.07) is 12.0. The fourth-order valence-corrected chi connectivity index (χ4v) is 3.48. The van der Waals surface area contributed by atoms with Crippen molar-refractivity contribution >= 4 is 0 Å². The summed E-state index contributed by atoms with van der Waals surface area (Å²) in [6.45, 7) is 23.6. The van der Waals surface area contributed by atoms with E-state index >= 15 is 0 Å². The van der Waals surface area contributed by atoms with Gasteiger partial charge in [-0.15, -0.1) is 0 Å².